The van der Waals surface area contributed by atoms with Crippen LogP contribution in [0.2, 0.25) is 0 Å². The van der Waals surface area contributed by atoms with Crippen molar-refractivity contribution in [1.82, 2.24) is 0 Å². The Balaban J connectivity index is 4.36. The summed E-state index contributed by atoms with van der Waals surface area (Å²) in [4.78, 5) is 14.2. The summed E-state index contributed by atoms with van der Waals surface area (Å²) in [5, 5.41) is 8.24. The highest BCUT2D eigenvalue weighted by molar-refractivity contribution is 6.32. The van der Waals surface area contributed by atoms with Crippen LogP contribution in [0.25, 0.3) is 0 Å². The Bertz CT molecular complexity index is 240. The number of hydrogen-bond acceptors (Lipinski definition) is 5. The number of hydrogen-bond donors (Lipinski definition) is 0. The highest BCUT2D eigenvalue weighted by atomic mass is 16.6. The molecule has 0 rings (SSSR count). The molecule has 0 aliphatic carbocycles. The number of carbonyl (C=O) groups excluding carboxylic acids is 1. The van der Waals surface area contributed by atoms with E-state index in [-0.39, 0.29) is 18.6 Å². The summed E-state index contributed by atoms with van der Waals surface area (Å²) in [5.41, 5.74) is 0. The van der Waals surface area contributed by atoms with Gasteiger partial charge in [0.15, 0.2) is 0 Å². The van der Waals surface area contributed by atoms with E-state index in [0.29, 0.717) is 0 Å². The van der Waals surface area contributed by atoms with Crippen molar-refractivity contribution in [2.24, 2.45) is 4.99 Å². The molecule has 0 aliphatic rings. The molecule has 0 atom stereocenters. The molecule has 0 bridgehead atoms. The van der Waals surface area contributed by atoms with Gasteiger partial charge in [-0.15, -0.1) is 4.99 Å². The lowest BCUT2D eigenvalue weighted by atomic mass is 10.5. The van der Waals surface area contributed by atoms with Crippen LogP contribution in [0.3, 0.4) is 0 Å². The Hall–Kier alpha value is -1.57. The van der Waals surface area contributed by atoms with Gasteiger partial charge in [-0.2, -0.15) is 5.26 Å². The van der Waals surface area contributed by atoms with Gasteiger partial charge in [-0.05, 0) is 20.8 Å². The zero-order valence-electron chi connectivity index (χ0n) is 7.90. The number of nitriles is 1. The molecule has 0 heterocycles. The molecule has 0 aromatic carbocycles. The van der Waals surface area contributed by atoms with Crippen LogP contribution < -0.4 is 0 Å². The van der Waals surface area contributed by atoms with Gasteiger partial charge in [-0.1, -0.05) is 0 Å². The van der Waals surface area contributed by atoms with E-state index in [1.54, 1.807) is 20.8 Å². The second-order valence-electron chi connectivity index (χ2n) is 2.40. The predicted molar refractivity (Wildman–Crippen MR) is 45.9 cm³/mol. The molecule has 13 heavy (non-hydrogen) atoms. The van der Waals surface area contributed by atoms with Crippen molar-refractivity contribution in [3.63, 3.8) is 0 Å². The zero-order valence-corrected chi connectivity index (χ0v) is 7.90. The molecule has 0 saturated carbocycles. The van der Waals surface area contributed by atoms with Crippen molar-refractivity contribution in [2.75, 3.05) is 6.61 Å². The lowest BCUT2D eigenvalue weighted by Crippen LogP contribution is -2.23. The number of carbonyl (C=O) groups is 1. The normalized spacial score (nSPS) is 10.8. The second-order valence-corrected chi connectivity index (χ2v) is 2.40. The van der Waals surface area contributed by atoms with Crippen molar-refractivity contribution in [3.8, 4) is 6.19 Å². The molecule has 0 amide bonds. The van der Waals surface area contributed by atoms with E-state index < -0.39 is 5.97 Å². The van der Waals surface area contributed by atoms with Gasteiger partial charge in [-0.25, -0.2) is 4.79 Å². The predicted octanol–water partition coefficient (Wildman–Crippen LogP) is 0.854. The third kappa shape index (κ3) is 4.80. The minimum atomic E-state index is -0.710. The van der Waals surface area contributed by atoms with E-state index in [1.165, 1.54) is 6.19 Å². The fraction of sp³-hybridized carbons (Fsp3) is 0.625. The van der Waals surface area contributed by atoms with Crippen molar-refractivity contribution in [2.45, 2.75) is 26.9 Å². The Kier molecular flexibility index (Phi) is 5.28. The number of rotatable bonds is 2. The lowest BCUT2D eigenvalue weighted by molar-refractivity contribution is -0.137. The highest BCUT2D eigenvalue weighted by Crippen LogP contribution is 1.94. The van der Waals surface area contributed by atoms with Crippen molar-refractivity contribution in [3.05, 3.63) is 0 Å². The Morgan fingerprint density at radius 2 is 2.23 bits per heavy atom. The average molecular weight is 184 g/mol. The van der Waals surface area contributed by atoms with Crippen molar-refractivity contribution >= 4 is 11.9 Å². The van der Waals surface area contributed by atoms with Gasteiger partial charge in [0, 0.05) is 0 Å². The Labute approximate surface area is 77.0 Å². The van der Waals surface area contributed by atoms with E-state index in [4.69, 9.17) is 10.00 Å². The summed E-state index contributed by atoms with van der Waals surface area (Å²) in [6, 6.07) is 0. The molecule has 0 radical (unpaired) electrons. The standard InChI is InChI=1S/C8H12N2O3/c1-4-12-8(11)7(10-5-9)13-6(2)3/h6H,4H2,1-3H3/b10-7-. The molecule has 72 valence electrons. The fourth-order valence-corrected chi connectivity index (χ4v) is 0.582. The van der Waals surface area contributed by atoms with Gasteiger partial charge in [0.1, 0.15) is 0 Å². The molecule has 5 nitrogen and oxygen atoms in total. The molecule has 0 aromatic heterocycles. The molecule has 0 unspecified atom stereocenters. The lowest BCUT2D eigenvalue weighted by Gasteiger charge is -2.09. The average Bonchev–Trinajstić information content (AvgIpc) is 2.03. The van der Waals surface area contributed by atoms with Crippen LogP contribution in [0.4, 0.5) is 0 Å². The van der Waals surface area contributed by atoms with Crippen LogP contribution in [0, 0.1) is 11.5 Å². The molecular weight excluding hydrogens is 172 g/mol. The smallest absolute Gasteiger partial charge is 0.394 e. The van der Waals surface area contributed by atoms with Crippen LogP contribution in [-0.2, 0) is 14.3 Å². The monoisotopic (exact) mass is 184 g/mol. The van der Waals surface area contributed by atoms with Crippen LogP contribution >= 0.6 is 0 Å². The van der Waals surface area contributed by atoms with Crippen molar-refractivity contribution < 1.29 is 14.3 Å². The molecule has 0 saturated heterocycles. The summed E-state index contributed by atoms with van der Waals surface area (Å²) in [6.07, 6.45) is 1.26. The maximum absolute atomic E-state index is 11.0. The van der Waals surface area contributed by atoms with Crippen LogP contribution in [0.1, 0.15) is 20.8 Å². The van der Waals surface area contributed by atoms with Gasteiger partial charge in [0.25, 0.3) is 0 Å². The van der Waals surface area contributed by atoms with Crippen molar-refractivity contribution in [1.29, 1.82) is 5.26 Å². The molecule has 5 heteroatoms. The minimum Gasteiger partial charge on any atom is -0.469 e. The summed E-state index contributed by atoms with van der Waals surface area (Å²) < 4.78 is 9.57. The minimum absolute atomic E-state index is 0.212. The van der Waals surface area contributed by atoms with Gasteiger partial charge in [0.05, 0.1) is 12.7 Å². The largest absolute Gasteiger partial charge is 0.469 e. The van der Waals surface area contributed by atoms with Gasteiger partial charge >= 0.3 is 11.9 Å². The van der Waals surface area contributed by atoms with E-state index >= 15 is 0 Å². The molecule has 0 aromatic rings. The maximum Gasteiger partial charge on any atom is 0.394 e. The molecule has 0 N–H and O–H groups in total. The first-order valence-electron chi connectivity index (χ1n) is 3.92. The number of nitrogens with zero attached hydrogens (tertiary/aromatic N) is 2. The topological polar surface area (TPSA) is 71.7 Å². The number of aliphatic imine (C=N–C) groups is 1. The molecule has 0 fully saturated rings. The van der Waals surface area contributed by atoms with E-state index in [2.05, 4.69) is 9.73 Å². The SMILES string of the molecule is CCOC(=O)/C(=N/C#N)OC(C)C. The summed E-state index contributed by atoms with van der Waals surface area (Å²) in [7, 11) is 0. The van der Waals surface area contributed by atoms with E-state index in [1.807, 2.05) is 0 Å². The van der Waals surface area contributed by atoms with Gasteiger partial charge in [-0.3, -0.25) is 0 Å². The highest BCUT2D eigenvalue weighted by Gasteiger charge is 2.15. The third-order valence-corrected chi connectivity index (χ3v) is 0.949. The van der Waals surface area contributed by atoms with Crippen LogP contribution in [-0.4, -0.2) is 24.6 Å². The number of esters is 1. The first-order valence-corrected chi connectivity index (χ1v) is 3.92. The maximum atomic E-state index is 11.0. The van der Waals surface area contributed by atoms with Crippen LogP contribution in [0.15, 0.2) is 4.99 Å². The third-order valence-electron chi connectivity index (χ3n) is 0.949. The summed E-state index contributed by atoms with van der Waals surface area (Å²) in [5.74, 6) is -1.00. The molecular formula is C8H12N2O3. The first kappa shape index (κ1) is 11.4. The fourth-order valence-electron chi connectivity index (χ4n) is 0.582. The molecule has 0 spiro atoms. The van der Waals surface area contributed by atoms with E-state index in [0.717, 1.165) is 0 Å². The number of ether oxygens (including phenoxy) is 2. The quantitative estimate of drug-likeness (QED) is 0.276. The second kappa shape index (κ2) is 6.00. The first-order chi connectivity index (χ1) is 6.11. The van der Waals surface area contributed by atoms with Gasteiger partial charge in [0.2, 0.25) is 6.19 Å². The van der Waals surface area contributed by atoms with Gasteiger partial charge < -0.3 is 9.47 Å². The Morgan fingerprint density at radius 3 is 2.62 bits per heavy atom. The summed E-state index contributed by atoms with van der Waals surface area (Å²) in [6.45, 7) is 5.35. The van der Waals surface area contributed by atoms with E-state index in [9.17, 15) is 4.79 Å². The molecule has 0 aliphatic heterocycles. The van der Waals surface area contributed by atoms with Crippen LogP contribution in [0.5, 0.6) is 0 Å². The zero-order chi connectivity index (χ0) is 10.3. The summed E-state index contributed by atoms with van der Waals surface area (Å²) >= 11 is 0. The Morgan fingerprint density at radius 1 is 1.62 bits per heavy atom.